The first-order chi connectivity index (χ1) is 7.15. The minimum atomic E-state index is -1.26. The van der Waals surface area contributed by atoms with E-state index in [1.165, 1.54) is 6.20 Å². The fourth-order valence-electron chi connectivity index (χ4n) is 1.17. The van der Waals surface area contributed by atoms with Crippen molar-refractivity contribution in [1.29, 1.82) is 5.41 Å². The van der Waals surface area contributed by atoms with Gasteiger partial charge in [-0.15, -0.1) is 0 Å². The summed E-state index contributed by atoms with van der Waals surface area (Å²) in [6.07, 6.45) is 5.01. The van der Waals surface area contributed by atoms with Gasteiger partial charge in [-0.1, -0.05) is 19.8 Å². The largest absolute Gasteiger partial charge is 0.588 e. The molecule has 1 radical (unpaired) electrons. The molecule has 0 bridgehead atoms. The molecule has 0 spiro atoms. The first kappa shape index (κ1) is 11.9. The third kappa shape index (κ3) is 3.49. The molecule has 6 heteroatoms. The van der Waals surface area contributed by atoms with E-state index in [9.17, 15) is 4.55 Å². The molecule has 0 aliphatic rings. The van der Waals surface area contributed by atoms with E-state index in [-0.39, 0.29) is 5.96 Å². The molecular weight excluding hydrogens is 212 g/mol. The van der Waals surface area contributed by atoms with E-state index < -0.39 is 10.8 Å². The molecule has 0 saturated carbocycles. The van der Waals surface area contributed by atoms with Crippen LogP contribution in [0.5, 0.6) is 0 Å². The Morgan fingerprint density at radius 1 is 1.67 bits per heavy atom. The van der Waals surface area contributed by atoms with Gasteiger partial charge in [0.05, 0.1) is 0 Å². The molecule has 15 heavy (non-hydrogen) atoms. The van der Waals surface area contributed by atoms with Crippen LogP contribution in [0.4, 0.5) is 5.00 Å². The average Bonchev–Trinajstić information content (AvgIpc) is 2.49. The Morgan fingerprint density at radius 3 is 3.00 bits per heavy atom. The number of unbranched alkanes of at least 4 members (excludes halogenated alkanes) is 2. The lowest BCUT2D eigenvalue weighted by molar-refractivity contribution is 0.593. The van der Waals surface area contributed by atoms with Crippen molar-refractivity contribution in [2.75, 3.05) is 5.32 Å². The lowest BCUT2D eigenvalue weighted by Crippen LogP contribution is -2.19. The predicted octanol–water partition coefficient (Wildman–Crippen LogP) is 1.66. The molecular formula is C9H15N4OS. The van der Waals surface area contributed by atoms with E-state index in [1.807, 2.05) is 0 Å². The smallest absolute Gasteiger partial charge is 0.266 e. The SMILES string of the molecule is [CH2]CCCCc1ncc(NC(=N)N)[s+]1[O-]. The Hall–Kier alpha value is -1.14. The topological polar surface area (TPSA) is 97.9 Å². The molecule has 83 valence electrons. The van der Waals surface area contributed by atoms with E-state index in [4.69, 9.17) is 11.1 Å². The van der Waals surface area contributed by atoms with Crippen molar-refractivity contribution in [3.8, 4) is 0 Å². The molecule has 1 heterocycles. The van der Waals surface area contributed by atoms with Gasteiger partial charge in [0.1, 0.15) is 6.20 Å². The van der Waals surface area contributed by atoms with Crippen LogP contribution in [0.15, 0.2) is 6.20 Å². The van der Waals surface area contributed by atoms with E-state index >= 15 is 0 Å². The molecule has 1 aromatic heterocycles. The number of thiazole rings is 1. The van der Waals surface area contributed by atoms with Crippen LogP contribution in [-0.2, 0) is 6.42 Å². The maximum atomic E-state index is 11.7. The summed E-state index contributed by atoms with van der Waals surface area (Å²) in [5.41, 5.74) is 5.14. The number of anilines is 1. The Kier molecular flexibility index (Phi) is 4.51. The highest BCUT2D eigenvalue weighted by molar-refractivity contribution is 7.28. The zero-order valence-electron chi connectivity index (χ0n) is 8.45. The normalized spacial score (nSPS) is 11.5. The van der Waals surface area contributed by atoms with E-state index in [0.29, 0.717) is 16.4 Å². The number of hydrogen-bond acceptors (Lipinski definition) is 3. The molecule has 0 saturated heterocycles. The monoisotopic (exact) mass is 227 g/mol. The Balaban J connectivity index is 2.58. The fourth-order valence-corrected chi connectivity index (χ4v) is 2.26. The highest BCUT2D eigenvalue weighted by Gasteiger charge is 2.15. The van der Waals surface area contributed by atoms with Crippen LogP contribution in [0.25, 0.3) is 0 Å². The third-order valence-corrected chi connectivity index (χ3v) is 3.23. The Labute approximate surface area is 92.0 Å². The predicted molar refractivity (Wildman–Crippen MR) is 61.3 cm³/mol. The number of nitrogens with zero attached hydrogens (tertiary/aromatic N) is 1. The van der Waals surface area contributed by atoms with Crippen molar-refractivity contribution >= 4 is 21.7 Å². The van der Waals surface area contributed by atoms with E-state index in [2.05, 4.69) is 17.2 Å². The minimum Gasteiger partial charge on any atom is -0.588 e. The second-order valence-corrected chi connectivity index (χ2v) is 4.58. The molecule has 1 atom stereocenters. The zero-order chi connectivity index (χ0) is 11.3. The highest BCUT2D eigenvalue weighted by atomic mass is 32.2. The van der Waals surface area contributed by atoms with Crippen LogP contribution >= 0.6 is 10.8 Å². The van der Waals surface area contributed by atoms with Gasteiger partial charge in [-0.3, -0.25) is 10.7 Å². The number of nitrogens with two attached hydrogens (primary N) is 1. The number of nitrogens with one attached hydrogen (secondary N) is 2. The summed E-state index contributed by atoms with van der Waals surface area (Å²) in [6, 6.07) is 0. The molecule has 5 nitrogen and oxygen atoms in total. The number of aromatic nitrogens is 1. The zero-order valence-corrected chi connectivity index (χ0v) is 9.27. The fraction of sp³-hybridized carbons (Fsp3) is 0.444. The number of guanidine groups is 1. The first-order valence-electron chi connectivity index (χ1n) is 4.74. The number of hydrogen-bond donors (Lipinski definition) is 3. The number of rotatable bonds is 5. The highest BCUT2D eigenvalue weighted by Crippen LogP contribution is 2.30. The van der Waals surface area contributed by atoms with Crippen molar-refractivity contribution < 1.29 is 4.55 Å². The second-order valence-electron chi connectivity index (χ2n) is 3.13. The van der Waals surface area contributed by atoms with Crippen molar-refractivity contribution in [3.63, 3.8) is 0 Å². The van der Waals surface area contributed by atoms with Crippen molar-refractivity contribution in [2.45, 2.75) is 25.7 Å². The van der Waals surface area contributed by atoms with Crippen molar-refractivity contribution in [2.24, 2.45) is 5.73 Å². The van der Waals surface area contributed by atoms with Crippen LogP contribution in [0.3, 0.4) is 0 Å². The molecule has 1 aromatic rings. The van der Waals surface area contributed by atoms with Crippen molar-refractivity contribution in [3.05, 3.63) is 18.1 Å². The second kappa shape index (κ2) is 5.67. The van der Waals surface area contributed by atoms with Gasteiger partial charge in [0.2, 0.25) is 5.01 Å². The molecule has 4 N–H and O–H groups in total. The standard InChI is InChI=1S/C9H15N4OS/c1-2-3-4-5-7-12-6-8(15(7)14)13-9(10)11/h6H,1-5H2,(H4,10,11,13). The summed E-state index contributed by atoms with van der Waals surface area (Å²) in [6.45, 7) is 3.74. The molecule has 0 amide bonds. The lowest BCUT2D eigenvalue weighted by atomic mass is 10.2. The summed E-state index contributed by atoms with van der Waals surface area (Å²) in [5.74, 6) is -0.219. The summed E-state index contributed by atoms with van der Waals surface area (Å²) in [5, 5.41) is 10.6. The van der Waals surface area contributed by atoms with Crippen LogP contribution in [0.1, 0.15) is 24.3 Å². The third-order valence-electron chi connectivity index (χ3n) is 1.89. The maximum Gasteiger partial charge on any atom is 0.266 e. The number of aryl methyl sites for hydroxylation is 1. The van der Waals surface area contributed by atoms with Crippen LogP contribution < -0.4 is 11.1 Å². The maximum absolute atomic E-state index is 11.7. The Bertz CT molecular complexity index is 337. The van der Waals surface area contributed by atoms with E-state index in [0.717, 1.165) is 19.3 Å². The van der Waals surface area contributed by atoms with Gasteiger partial charge in [0.25, 0.3) is 5.00 Å². The minimum absolute atomic E-state index is 0.219. The van der Waals surface area contributed by atoms with Gasteiger partial charge in [0.15, 0.2) is 5.96 Å². The molecule has 0 aromatic carbocycles. The quantitative estimate of drug-likeness (QED) is 0.308. The first-order valence-corrected chi connectivity index (χ1v) is 5.89. The van der Waals surface area contributed by atoms with Crippen molar-refractivity contribution in [1.82, 2.24) is 4.98 Å². The van der Waals surface area contributed by atoms with Crippen LogP contribution in [-0.4, -0.2) is 15.5 Å². The molecule has 0 aliphatic heterocycles. The van der Waals surface area contributed by atoms with Gasteiger partial charge < -0.3 is 10.3 Å². The lowest BCUT2D eigenvalue weighted by Gasteiger charge is -2.00. The summed E-state index contributed by atoms with van der Waals surface area (Å²) < 4.78 is 11.7. The summed E-state index contributed by atoms with van der Waals surface area (Å²) in [7, 11) is -1.26. The average molecular weight is 227 g/mol. The van der Waals surface area contributed by atoms with Gasteiger partial charge in [-0.25, -0.2) is 4.98 Å². The van der Waals surface area contributed by atoms with Gasteiger partial charge in [-0.2, -0.15) is 0 Å². The molecule has 0 aliphatic carbocycles. The summed E-state index contributed by atoms with van der Waals surface area (Å²) >= 11 is 0. The Morgan fingerprint density at radius 2 is 2.40 bits per heavy atom. The summed E-state index contributed by atoms with van der Waals surface area (Å²) in [4.78, 5) is 4.04. The molecule has 0 fully saturated rings. The van der Waals surface area contributed by atoms with Gasteiger partial charge >= 0.3 is 0 Å². The molecule has 1 unspecified atom stereocenters. The van der Waals surface area contributed by atoms with Crippen LogP contribution in [0, 0.1) is 12.3 Å². The van der Waals surface area contributed by atoms with Gasteiger partial charge in [-0.05, 0) is 17.2 Å². The van der Waals surface area contributed by atoms with Crippen LogP contribution in [0.2, 0.25) is 0 Å². The van der Waals surface area contributed by atoms with Gasteiger partial charge in [0, 0.05) is 6.42 Å². The molecule has 1 rings (SSSR count). The van der Waals surface area contributed by atoms with E-state index in [1.54, 1.807) is 0 Å².